The van der Waals surface area contributed by atoms with Gasteiger partial charge in [-0.1, -0.05) is 60.7 Å². The summed E-state index contributed by atoms with van der Waals surface area (Å²) in [6.45, 7) is 0. The minimum atomic E-state index is 0.948. The van der Waals surface area contributed by atoms with Crippen LogP contribution in [-0.4, -0.2) is 15.0 Å². The van der Waals surface area contributed by atoms with Crippen molar-refractivity contribution in [2.75, 3.05) is 0 Å². The van der Waals surface area contributed by atoms with E-state index in [2.05, 4.69) is 109 Å². The molecule has 0 aliphatic carbocycles. The van der Waals surface area contributed by atoms with Crippen LogP contribution in [0.5, 0.6) is 0 Å². The van der Waals surface area contributed by atoms with E-state index >= 15 is 0 Å². The summed E-state index contributed by atoms with van der Waals surface area (Å²) in [5.74, 6) is 0. The molecule has 3 nitrogen and oxygen atoms in total. The van der Waals surface area contributed by atoms with Gasteiger partial charge in [0.25, 0.3) is 0 Å². The highest BCUT2D eigenvalue weighted by atomic mass is 14.7. The predicted octanol–water partition coefficient (Wildman–Crippen LogP) is 9.66. The third-order valence-corrected chi connectivity index (χ3v) is 8.27. The van der Waals surface area contributed by atoms with E-state index in [0.29, 0.717) is 0 Å². The van der Waals surface area contributed by atoms with Gasteiger partial charge in [0, 0.05) is 45.5 Å². The summed E-state index contributed by atoms with van der Waals surface area (Å²) in [4.78, 5) is 14.4. The van der Waals surface area contributed by atoms with Crippen molar-refractivity contribution in [1.29, 1.82) is 0 Å². The second-order valence-electron chi connectivity index (χ2n) is 10.6. The van der Waals surface area contributed by atoms with Crippen molar-refractivity contribution in [3.63, 3.8) is 0 Å². The van der Waals surface area contributed by atoms with Crippen molar-refractivity contribution in [2.45, 2.75) is 0 Å². The molecule has 0 unspecified atom stereocenters. The molecule has 0 aliphatic heterocycles. The Hall–Kier alpha value is -5.41. The summed E-state index contributed by atoms with van der Waals surface area (Å²) in [5, 5.41) is 15.0. The highest BCUT2D eigenvalue weighted by molar-refractivity contribution is 6.13. The molecule has 6 aromatic carbocycles. The average Bonchev–Trinajstić information content (AvgIpc) is 3.03. The van der Waals surface area contributed by atoms with Crippen LogP contribution in [0, 0.1) is 0 Å². The first kappa shape index (κ1) is 21.5. The molecule has 0 radical (unpaired) electrons. The second kappa shape index (κ2) is 8.05. The maximum absolute atomic E-state index is 4.87. The van der Waals surface area contributed by atoms with Gasteiger partial charge in [0.05, 0.1) is 16.6 Å². The fourth-order valence-corrected chi connectivity index (χ4v) is 6.14. The predicted molar refractivity (Wildman–Crippen MR) is 169 cm³/mol. The zero-order chi connectivity index (χ0) is 26.2. The molecule has 184 valence electrons. The molecule has 3 heterocycles. The molecule has 9 rings (SSSR count). The molecule has 0 spiro atoms. The van der Waals surface area contributed by atoms with Crippen molar-refractivity contribution < 1.29 is 0 Å². The monoisotopic (exact) mass is 507 g/mol. The Morgan fingerprint density at radius 1 is 0.275 bits per heavy atom. The summed E-state index contributed by atoms with van der Waals surface area (Å²) < 4.78 is 0. The number of hydrogen-bond donors (Lipinski definition) is 0. The minimum Gasteiger partial charge on any atom is -0.256 e. The number of nitrogens with zero attached hydrogens (tertiary/aromatic N) is 3. The normalized spacial score (nSPS) is 12.0. The van der Waals surface area contributed by atoms with Gasteiger partial charge in [0.1, 0.15) is 0 Å². The van der Waals surface area contributed by atoms with Gasteiger partial charge in [-0.25, -0.2) is 0 Å². The molecular formula is C37H21N3. The zero-order valence-corrected chi connectivity index (χ0v) is 21.5. The number of aromatic nitrogens is 3. The molecule has 0 saturated carbocycles. The van der Waals surface area contributed by atoms with Crippen LogP contribution in [0.4, 0.5) is 0 Å². The van der Waals surface area contributed by atoms with E-state index in [1.165, 1.54) is 37.7 Å². The van der Waals surface area contributed by atoms with E-state index in [1.807, 2.05) is 18.6 Å². The fraction of sp³-hybridized carbons (Fsp3) is 0. The van der Waals surface area contributed by atoms with E-state index in [-0.39, 0.29) is 0 Å². The summed E-state index contributed by atoms with van der Waals surface area (Å²) in [6, 6.07) is 39.6. The topological polar surface area (TPSA) is 38.7 Å². The Bertz CT molecular complexity index is 2370. The fourth-order valence-electron chi connectivity index (χ4n) is 6.14. The van der Waals surface area contributed by atoms with Gasteiger partial charge in [0.15, 0.2) is 0 Å². The number of rotatable bonds is 0. The molecule has 0 amide bonds. The van der Waals surface area contributed by atoms with Crippen LogP contribution >= 0.6 is 0 Å². The van der Waals surface area contributed by atoms with Crippen molar-refractivity contribution >= 4 is 86.6 Å². The van der Waals surface area contributed by atoms with Crippen LogP contribution in [0.25, 0.3) is 86.6 Å². The lowest BCUT2D eigenvalue weighted by atomic mass is 10.0. The van der Waals surface area contributed by atoms with E-state index in [4.69, 9.17) is 15.0 Å². The average molecular weight is 508 g/mol. The Labute approximate surface area is 229 Å². The molecule has 0 fully saturated rings. The Morgan fingerprint density at radius 3 is 1.30 bits per heavy atom. The molecular weight excluding hydrogens is 486 g/mol. The summed E-state index contributed by atoms with van der Waals surface area (Å²) >= 11 is 0. The standard InChI is InChI=1S/C37H21N3/c1-3-22-13-24(5-1)26-9-11-35-33(15-26)31-17-28(7-8-29(31)19-38-35)37-18-32-30(21-40-37)20-39-36-12-10-27(16-34(32)36)25-6-2-4-23(22)14-25/h1-21H. The quantitative estimate of drug-likeness (QED) is 0.192. The van der Waals surface area contributed by atoms with Gasteiger partial charge >= 0.3 is 0 Å². The molecule has 0 N–H and O–H groups in total. The van der Waals surface area contributed by atoms with Gasteiger partial charge in [0.2, 0.25) is 0 Å². The van der Waals surface area contributed by atoms with Crippen molar-refractivity contribution in [2.24, 2.45) is 0 Å². The smallest absolute Gasteiger partial charge is 0.0708 e. The summed E-state index contributed by atoms with van der Waals surface area (Å²) in [7, 11) is 0. The maximum Gasteiger partial charge on any atom is 0.0708 e. The lowest BCUT2D eigenvalue weighted by Gasteiger charge is -2.07. The van der Waals surface area contributed by atoms with Crippen LogP contribution in [0.15, 0.2) is 128 Å². The molecule has 0 saturated heterocycles. The van der Waals surface area contributed by atoms with Crippen LogP contribution in [0.3, 0.4) is 0 Å². The zero-order valence-electron chi connectivity index (χ0n) is 21.5. The Balaban J connectivity index is 1.55. The van der Waals surface area contributed by atoms with Gasteiger partial charge < -0.3 is 0 Å². The lowest BCUT2D eigenvalue weighted by Crippen LogP contribution is -1.86. The van der Waals surface area contributed by atoms with Gasteiger partial charge in [-0.05, 0) is 91.6 Å². The van der Waals surface area contributed by atoms with Crippen molar-refractivity contribution in [1.82, 2.24) is 15.0 Å². The highest BCUT2D eigenvalue weighted by Crippen LogP contribution is 2.31. The molecule has 9 aromatic rings. The van der Waals surface area contributed by atoms with Crippen molar-refractivity contribution in [3.8, 4) is 0 Å². The largest absolute Gasteiger partial charge is 0.256 e. The maximum atomic E-state index is 4.87. The lowest BCUT2D eigenvalue weighted by molar-refractivity contribution is 1.40. The molecule has 40 heavy (non-hydrogen) atoms. The van der Waals surface area contributed by atoms with Crippen LogP contribution in [0.1, 0.15) is 0 Å². The van der Waals surface area contributed by atoms with E-state index < -0.39 is 0 Å². The van der Waals surface area contributed by atoms with Crippen molar-refractivity contribution in [3.05, 3.63) is 128 Å². The Kier molecular flexibility index (Phi) is 4.33. The molecule has 0 aliphatic rings. The summed E-state index contributed by atoms with van der Waals surface area (Å²) in [5.41, 5.74) is 2.92. The van der Waals surface area contributed by atoms with E-state index in [1.54, 1.807) is 0 Å². The Morgan fingerprint density at radius 2 is 0.700 bits per heavy atom. The first-order valence-corrected chi connectivity index (χ1v) is 13.5. The first-order valence-electron chi connectivity index (χ1n) is 13.5. The third-order valence-electron chi connectivity index (χ3n) is 8.27. The van der Waals surface area contributed by atoms with Crippen LogP contribution in [0.2, 0.25) is 0 Å². The number of pyridine rings is 3. The van der Waals surface area contributed by atoms with Crippen LogP contribution in [-0.2, 0) is 0 Å². The molecule has 0 atom stereocenters. The number of benzene rings is 5. The molecule has 3 aromatic heterocycles. The SMILES string of the molecule is c1cc2cc(c1)c1ccc3ncc4ccc(cc4c3c1)c1cc3c(cn1)cnc1ccc(cc13)c1cccc2c1. The molecule has 12 bridgehead atoms. The van der Waals surface area contributed by atoms with Gasteiger partial charge in [-0.15, -0.1) is 0 Å². The number of fused-ring (bicyclic) bond motifs is 12. The van der Waals surface area contributed by atoms with Gasteiger partial charge in [-0.2, -0.15) is 0 Å². The number of hydrogen-bond acceptors (Lipinski definition) is 3. The third kappa shape index (κ3) is 3.21. The molecule has 3 heteroatoms. The van der Waals surface area contributed by atoms with Crippen LogP contribution < -0.4 is 0 Å². The second-order valence-corrected chi connectivity index (χ2v) is 10.6. The van der Waals surface area contributed by atoms with E-state index in [9.17, 15) is 0 Å². The van der Waals surface area contributed by atoms with Gasteiger partial charge in [-0.3, -0.25) is 15.0 Å². The first-order chi connectivity index (χ1) is 19.8. The summed E-state index contributed by atoms with van der Waals surface area (Å²) in [6.07, 6.45) is 5.84. The minimum absolute atomic E-state index is 0.948. The van der Waals surface area contributed by atoms with E-state index in [0.717, 1.165) is 48.9 Å². The highest BCUT2D eigenvalue weighted by Gasteiger charge is 2.07.